The van der Waals surface area contributed by atoms with Crippen molar-refractivity contribution in [1.82, 2.24) is 5.32 Å². The van der Waals surface area contributed by atoms with Gasteiger partial charge in [-0.25, -0.2) is 13.6 Å². The van der Waals surface area contributed by atoms with Crippen molar-refractivity contribution in [2.24, 2.45) is 0 Å². The van der Waals surface area contributed by atoms with E-state index < -0.39 is 17.7 Å². The summed E-state index contributed by atoms with van der Waals surface area (Å²) in [5, 5.41) is 5.70. The van der Waals surface area contributed by atoms with Crippen LogP contribution in [0.25, 0.3) is 0 Å². The van der Waals surface area contributed by atoms with E-state index in [-0.39, 0.29) is 6.54 Å². The van der Waals surface area contributed by atoms with Crippen molar-refractivity contribution in [1.29, 1.82) is 0 Å². The number of benzene rings is 2. The fraction of sp³-hybridized carbons (Fsp3) is 0.133. The first-order chi connectivity index (χ1) is 9.95. The Bertz CT molecular complexity index is 677. The van der Waals surface area contributed by atoms with E-state index in [9.17, 15) is 13.6 Å². The van der Waals surface area contributed by atoms with E-state index in [2.05, 4.69) is 10.6 Å². The Hall–Kier alpha value is -2.14. The number of anilines is 1. The van der Waals surface area contributed by atoms with Gasteiger partial charge in [-0.3, -0.25) is 0 Å². The number of carbonyl (C=O) groups excluding carboxylic acids is 1. The van der Waals surface area contributed by atoms with E-state index in [0.717, 1.165) is 17.7 Å². The van der Waals surface area contributed by atoms with E-state index in [1.165, 1.54) is 6.07 Å². The Morgan fingerprint density at radius 3 is 2.57 bits per heavy atom. The maximum atomic E-state index is 13.0. The highest BCUT2D eigenvalue weighted by atomic mass is 35.5. The van der Waals surface area contributed by atoms with Crippen LogP contribution in [0.1, 0.15) is 11.1 Å². The molecule has 2 rings (SSSR count). The van der Waals surface area contributed by atoms with Crippen LogP contribution >= 0.6 is 11.6 Å². The summed E-state index contributed by atoms with van der Waals surface area (Å²) in [7, 11) is 0. The molecule has 21 heavy (non-hydrogen) atoms. The Morgan fingerprint density at radius 1 is 1.14 bits per heavy atom. The molecule has 0 spiro atoms. The molecule has 0 fully saturated rings. The van der Waals surface area contributed by atoms with Gasteiger partial charge in [0.05, 0.1) is 0 Å². The molecular weight excluding hydrogens is 298 g/mol. The monoisotopic (exact) mass is 310 g/mol. The maximum Gasteiger partial charge on any atom is 0.319 e. The van der Waals surface area contributed by atoms with Crippen molar-refractivity contribution in [3.8, 4) is 0 Å². The van der Waals surface area contributed by atoms with Gasteiger partial charge in [0.15, 0.2) is 11.6 Å². The van der Waals surface area contributed by atoms with Gasteiger partial charge in [0.25, 0.3) is 0 Å². The molecule has 0 aliphatic heterocycles. The third kappa shape index (κ3) is 4.16. The van der Waals surface area contributed by atoms with Crippen LogP contribution in [-0.2, 0) is 6.54 Å². The fourth-order valence-electron chi connectivity index (χ4n) is 1.68. The lowest BCUT2D eigenvalue weighted by atomic mass is 10.2. The molecule has 0 unspecified atom stereocenters. The number of carbonyl (C=O) groups is 1. The summed E-state index contributed by atoms with van der Waals surface area (Å²) in [6, 6.07) is 8.14. The molecule has 2 N–H and O–H groups in total. The first-order valence-corrected chi connectivity index (χ1v) is 6.58. The Morgan fingerprint density at radius 2 is 1.90 bits per heavy atom. The maximum absolute atomic E-state index is 13.0. The van der Waals surface area contributed by atoms with Crippen LogP contribution in [0.2, 0.25) is 5.02 Å². The van der Waals surface area contributed by atoms with Crippen molar-refractivity contribution in [2.45, 2.75) is 13.5 Å². The molecule has 0 aromatic heterocycles. The van der Waals surface area contributed by atoms with E-state index >= 15 is 0 Å². The van der Waals surface area contributed by atoms with Gasteiger partial charge < -0.3 is 10.6 Å². The molecule has 0 heterocycles. The molecule has 2 aromatic rings. The molecule has 3 nitrogen and oxygen atoms in total. The summed E-state index contributed by atoms with van der Waals surface area (Å²) < 4.78 is 25.8. The third-order valence-electron chi connectivity index (χ3n) is 2.87. The predicted octanol–water partition coefficient (Wildman–Crippen LogP) is 4.25. The minimum absolute atomic E-state index is 0.0859. The predicted molar refractivity (Wildman–Crippen MR) is 78.4 cm³/mol. The normalized spacial score (nSPS) is 10.3. The smallest absolute Gasteiger partial charge is 0.319 e. The molecule has 0 aliphatic rings. The number of amides is 2. The molecule has 0 bridgehead atoms. The second-order valence-electron chi connectivity index (χ2n) is 4.52. The Kier molecular flexibility index (Phi) is 4.75. The Labute approximate surface area is 125 Å². The zero-order valence-electron chi connectivity index (χ0n) is 11.2. The average molecular weight is 311 g/mol. The summed E-state index contributed by atoms with van der Waals surface area (Å²) in [6.45, 7) is 1.94. The van der Waals surface area contributed by atoms with Crippen LogP contribution in [0.5, 0.6) is 0 Å². The molecule has 0 saturated heterocycles. The summed E-state index contributed by atoms with van der Waals surface area (Å²) in [6.07, 6.45) is 0. The van der Waals surface area contributed by atoms with Crippen LogP contribution in [0.4, 0.5) is 19.3 Å². The zero-order valence-corrected chi connectivity index (χ0v) is 12.0. The first-order valence-electron chi connectivity index (χ1n) is 6.20. The van der Waals surface area contributed by atoms with Crippen LogP contribution in [0.3, 0.4) is 0 Å². The highest BCUT2D eigenvalue weighted by Crippen LogP contribution is 2.19. The molecule has 6 heteroatoms. The minimum Gasteiger partial charge on any atom is -0.334 e. The second-order valence-corrected chi connectivity index (χ2v) is 4.93. The van der Waals surface area contributed by atoms with Crippen molar-refractivity contribution in [3.05, 3.63) is 64.2 Å². The van der Waals surface area contributed by atoms with E-state index in [4.69, 9.17) is 11.6 Å². The van der Waals surface area contributed by atoms with Crippen LogP contribution in [0, 0.1) is 18.6 Å². The van der Waals surface area contributed by atoms with Gasteiger partial charge in [-0.2, -0.15) is 0 Å². The SMILES string of the molecule is Cc1ccc(NC(=O)NCc2ccc(F)c(F)c2)cc1Cl. The number of halogens is 3. The number of rotatable bonds is 3. The van der Waals surface area contributed by atoms with Crippen LogP contribution in [-0.4, -0.2) is 6.03 Å². The topological polar surface area (TPSA) is 41.1 Å². The largest absolute Gasteiger partial charge is 0.334 e. The lowest BCUT2D eigenvalue weighted by Crippen LogP contribution is -2.28. The molecule has 2 aromatic carbocycles. The van der Waals surface area contributed by atoms with Gasteiger partial charge in [0.1, 0.15) is 0 Å². The summed E-state index contributed by atoms with van der Waals surface area (Å²) in [4.78, 5) is 11.7. The molecule has 0 radical (unpaired) electrons. The molecule has 0 aliphatic carbocycles. The van der Waals surface area contributed by atoms with Gasteiger partial charge in [-0.15, -0.1) is 0 Å². The molecule has 0 atom stereocenters. The van der Waals surface area contributed by atoms with Crippen LogP contribution < -0.4 is 10.6 Å². The third-order valence-corrected chi connectivity index (χ3v) is 3.27. The number of urea groups is 1. The number of hydrogen-bond acceptors (Lipinski definition) is 1. The number of nitrogens with one attached hydrogen (secondary N) is 2. The standard InChI is InChI=1S/C15H13ClF2N2O/c1-9-2-4-11(7-12(9)16)20-15(21)19-8-10-3-5-13(17)14(18)6-10/h2-7H,8H2,1H3,(H2,19,20,21). The van der Waals surface area contributed by atoms with Crippen LogP contribution in [0.15, 0.2) is 36.4 Å². The van der Waals surface area contributed by atoms with E-state index in [1.807, 2.05) is 6.92 Å². The minimum atomic E-state index is -0.944. The van der Waals surface area contributed by atoms with Gasteiger partial charge in [-0.1, -0.05) is 23.7 Å². The van der Waals surface area contributed by atoms with Crippen molar-refractivity contribution in [3.63, 3.8) is 0 Å². The van der Waals surface area contributed by atoms with E-state index in [1.54, 1.807) is 18.2 Å². The second kappa shape index (κ2) is 6.54. The van der Waals surface area contributed by atoms with E-state index in [0.29, 0.717) is 16.3 Å². The number of hydrogen-bond donors (Lipinski definition) is 2. The number of aryl methyl sites for hydroxylation is 1. The Balaban J connectivity index is 1.92. The van der Waals surface area contributed by atoms with Gasteiger partial charge in [0, 0.05) is 17.3 Å². The molecule has 0 saturated carbocycles. The first kappa shape index (κ1) is 15.3. The highest BCUT2D eigenvalue weighted by molar-refractivity contribution is 6.31. The van der Waals surface area contributed by atoms with Crippen molar-refractivity contribution < 1.29 is 13.6 Å². The fourth-order valence-corrected chi connectivity index (χ4v) is 1.86. The highest BCUT2D eigenvalue weighted by Gasteiger charge is 2.06. The average Bonchev–Trinajstić information content (AvgIpc) is 2.44. The molecule has 2 amide bonds. The summed E-state index contributed by atoms with van der Waals surface area (Å²) in [5.41, 5.74) is 1.92. The molecule has 110 valence electrons. The quantitative estimate of drug-likeness (QED) is 0.874. The van der Waals surface area contributed by atoms with Gasteiger partial charge >= 0.3 is 6.03 Å². The van der Waals surface area contributed by atoms with Gasteiger partial charge in [-0.05, 0) is 42.3 Å². The van der Waals surface area contributed by atoms with Crippen molar-refractivity contribution >= 4 is 23.3 Å². The lowest BCUT2D eigenvalue weighted by molar-refractivity contribution is 0.251. The molecular formula is C15H13ClF2N2O. The summed E-state index contributed by atoms with van der Waals surface area (Å²) >= 11 is 5.95. The lowest BCUT2D eigenvalue weighted by Gasteiger charge is -2.09. The van der Waals surface area contributed by atoms with Crippen molar-refractivity contribution in [2.75, 3.05) is 5.32 Å². The van der Waals surface area contributed by atoms with Gasteiger partial charge in [0.2, 0.25) is 0 Å². The zero-order chi connectivity index (χ0) is 15.4. The summed E-state index contributed by atoms with van der Waals surface area (Å²) in [5.74, 6) is -1.86.